The second-order valence-electron chi connectivity index (χ2n) is 6.50. The van der Waals surface area contributed by atoms with Crippen molar-refractivity contribution in [2.75, 3.05) is 5.32 Å². The van der Waals surface area contributed by atoms with E-state index in [0.717, 1.165) is 5.56 Å². The fraction of sp³-hybridized carbons (Fsp3) is 0.0909. The highest BCUT2D eigenvalue weighted by atomic mass is 19.1. The van der Waals surface area contributed by atoms with E-state index in [1.54, 1.807) is 36.4 Å². The zero-order chi connectivity index (χ0) is 20.8. The van der Waals surface area contributed by atoms with Gasteiger partial charge in [0.05, 0.1) is 0 Å². The molecule has 0 aliphatic carbocycles. The van der Waals surface area contributed by atoms with Crippen LogP contribution in [0.1, 0.15) is 5.56 Å². The van der Waals surface area contributed by atoms with Crippen LogP contribution in [0.25, 0.3) is 11.4 Å². The van der Waals surface area contributed by atoms with Gasteiger partial charge in [-0.25, -0.2) is 4.39 Å². The number of carbonyl (C=O) groups excluding carboxylic acids is 1. The van der Waals surface area contributed by atoms with E-state index in [4.69, 9.17) is 4.74 Å². The molecule has 3 aromatic carbocycles. The second kappa shape index (κ2) is 8.95. The zero-order valence-electron chi connectivity index (χ0n) is 15.9. The SMILES string of the molecule is O=C(Cn1nnc(-c2ccc(F)cc2)n1)Nc1ccc(OCc2ccccc2)cc1. The van der Waals surface area contributed by atoms with E-state index < -0.39 is 0 Å². The molecule has 4 aromatic rings. The minimum Gasteiger partial charge on any atom is -0.489 e. The molecule has 4 rings (SSSR count). The van der Waals surface area contributed by atoms with Gasteiger partial charge in [-0.2, -0.15) is 4.80 Å². The molecule has 0 aliphatic heterocycles. The summed E-state index contributed by atoms with van der Waals surface area (Å²) in [6.45, 7) is 0.376. The number of carbonyl (C=O) groups is 1. The van der Waals surface area contributed by atoms with Crippen LogP contribution in [0.5, 0.6) is 5.75 Å². The summed E-state index contributed by atoms with van der Waals surface area (Å²) in [5, 5.41) is 14.7. The third-order valence-corrected chi connectivity index (χ3v) is 4.23. The molecule has 7 nitrogen and oxygen atoms in total. The summed E-state index contributed by atoms with van der Waals surface area (Å²) in [6.07, 6.45) is 0. The number of anilines is 1. The Bertz CT molecular complexity index is 1110. The number of rotatable bonds is 7. The molecule has 0 unspecified atom stereocenters. The van der Waals surface area contributed by atoms with E-state index in [1.165, 1.54) is 16.9 Å². The molecule has 8 heteroatoms. The summed E-state index contributed by atoms with van der Waals surface area (Å²) < 4.78 is 18.7. The van der Waals surface area contributed by atoms with Crippen molar-refractivity contribution in [2.45, 2.75) is 13.2 Å². The maximum absolute atomic E-state index is 13.0. The van der Waals surface area contributed by atoms with Crippen molar-refractivity contribution in [3.63, 3.8) is 0 Å². The molecular formula is C22H18FN5O2. The predicted octanol–water partition coefficient (Wildman–Crippen LogP) is 3.70. The molecule has 1 amide bonds. The molecular weight excluding hydrogens is 385 g/mol. The van der Waals surface area contributed by atoms with E-state index in [2.05, 4.69) is 20.7 Å². The standard InChI is InChI=1S/C22H18FN5O2/c23-18-8-6-17(7-9-18)22-25-27-28(26-22)14-21(29)24-19-10-12-20(13-11-19)30-15-16-4-2-1-3-5-16/h1-13H,14-15H2,(H,24,29). The Labute approximate surface area is 172 Å². The van der Waals surface area contributed by atoms with Crippen LogP contribution in [-0.2, 0) is 17.9 Å². The van der Waals surface area contributed by atoms with Gasteiger partial charge in [-0.1, -0.05) is 30.3 Å². The third-order valence-electron chi connectivity index (χ3n) is 4.23. The zero-order valence-corrected chi connectivity index (χ0v) is 15.9. The molecule has 30 heavy (non-hydrogen) atoms. The summed E-state index contributed by atoms with van der Waals surface area (Å²) in [6, 6.07) is 22.7. The lowest BCUT2D eigenvalue weighted by molar-refractivity contribution is -0.117. The van der Waals surface area contributed by atoms with Gasteiger partial charge in [0.25, 0.3) is 0 Å². The third kappa shape index (κ3) is 5.05. The number of halogens is 1. The summed E-state index contributed by atoms with van der Waals surface area (Å²) in [5.41, 5.74) is 2.33. The highest BCUT2D eigenvalue weighted by molar-refractivity contribution is 5.90. The Morgan fingerprint density at radius 3 is 2.43 bits per heavy atom. The maximum Gasteiger partial charge on any atom is 0.248 e. The molecule has 150 valence electrons. The number of hydrogen-bond acceptors (Lipinski definition) is 5. The van der Waals surface area contributed by atoms with Crippen molar-refractivity contribution in [3.05, 3.63) is 90.2 Å². The number of tetrazole rings is 1. The van der Waals surface area contributed by atoms with Gasteiger partial charge >= 0.3 is 0 Å². The second-order valence-corrected chi connectivity index (χ2v) is 6.50. The average Bonchev–Trinajstić information content (AvgIpc) is 3.23. The van der Waals surface area contributed by atoms with E-state index in [9.17, 15) is 9.18 Å². The number of benzene rings is 3. The number of aromatic nitrogens is 4. The monoisotopic (exact) mass is 403 g/mol. The first-order valence-electron chi connectivity index (χ1n) is 9.26. The fourth-order valence-corrected chi connectivity index (χ4v) is 2.73. The Balaban J connectivity index is 1.30. The van der Waals surface area contributed by atoms with Crippen molar-refractivity contribution in [1.29, 1.82) is 0 Å². The number of nitrogens with one attached hydrogen (secondary N) is 1. The van der Waals surface area contributed by atoms with Gasteiger partial charge < -0.3 is 10.1 Å². The van der Waals surface area contributed by atoms with E-state index in [0.29, 0.717) is 29.4 Å². The van der Waals surface area contributed by atoms with Gasteiger partial charge in [0, 0.05) is 11.3 Å². The Morgan fingerprint density at radius 2 is 1.70 bits per heavy atom. The molecule has 0 saturated carbocycles. The first-order valence-corrected chi connectivity index (χ1v) is 9.26. The van der Waals surface area contributed by atoms with E-state index >= 15 is 0 Å². The predicted molar refractivity (Wildman–Crippen MR) is 109 cm³/mol. The Morgan fingerprint density at radius 1 is 0.967 bits per heavy atom. The van der Waals surface area contributed by atoms with Crippen molar-refractivity contribution < 1.29 is 13.9 Å². The van der Waals surface area contributed by atoms with Crippen LogP contribution in [0.3, 0.4) is 0 Å². The molecule has 0 atom stereocenters. The van der Waals surface area contributed by atoms with E-state index in [-0.39, 0.29) is 18.3 Å². The van der Waals surface area contributed by atoms with Gasteiger partial charge in [-0.3, -0.25) is 4.79 Å². The minimum absolute atomic E-state index is 0.0968. The van der Waals surface area contributed by atoms with Crippen LogP contribution in [0.4, 0.5) is 10.1 Å². The summed E-state index contributed by atoms with van der Waals surface area (Å²) in [5.74, 6) is 0.388. The molecule has 0 spiro atoms. The van der Waals surface area contributed by atoms with Gasteiger partial charge in [-0.05, 0) is 59.3 Å². The molecule has 0 aliphatic rings. The summed E-state index contributed by atoms with van der Waals surface area (Å²) in [4.78, 5) is 13.4. The molecule has 0 bridgehead atoms. The van der Waals surface area contributed by atoms with Crippen LogP contribution in [0.2, 0.25) is 0 Å². The number of ether oxygens (including phenoxy) is 1. The fourth-order valence-electron chi connectivity index (χ4n) is 2.73. The maximum atomic E-state index is 13.0. The van der Waals surface area contributed by atoms with Crippen molar-refractivity contribution >= 4 is 11.6 Å². The quantitative estimate of drug-likeness (QED) is 0.509. The number of nitrogens with zero attached hydrogens (tertiary/aromatic N) is 4. The smallest absolute Gasteiger partial charge is 0.248 e. The van der Waals surface area contributed by atoms with Crippen LogP contribution in [-0.4, -0.2) is 26.1 Å². The van der Waals surface area contributed by atoms with Crippen LogP contribution in [0.15, 0.2) is 78.9 Å². The van der Waals surface area contributed by atoms with Crippen molar-refractivity contribution in [2.24, 2.45) is 0 Å². The lowest BCUT2D eigenvalue weighted by atomic mass is 10.2. The van der Waals surface area contributed by atoms with Gasteiger partial charge in [-0.15, -0.1) is 10.2 Å². The summed E-state index contributed by atoms with van der Waals surface area (Å²) >= 11 is 0. The first-order chi connectivity index (χ1) is 14.7. The molecule has 1 N–H and O–H groups in total. The first kappa shape index (κ1) is 19.3. The van der Waals surface area contributed by atoms with E-state index in [1.807, 2.05) is 30.3 Å². The number of amides is 1. The molecule has 0 saturated heterocycles. The highest BCUT2D eigenvalue weighted by Crippen LogP contribution is 2.17. The molecule has 0 fully saturated rings. The van der Waals surface area contributed by atoms with Crippen LogP contribution >= 0.6 is 0 Å². The van der Waals surface area contributed by atoms with Crippen LogP contribution in [0, 0.1) is 5.82 Å². The van der Waals surface area contributed by atoms with Gasteiger partial charge in [0.15, 0.2) is 0 Å². The average molecular weight is 403 g/mol. The Kier molecular flexibility index (Phi) is 5.75. The molecule has 1 heterocycles. The molecule has 0 radical (unpaired) electrons. The largest absolute Gasteiger partial charge is 0.489 e. The van der Waals surface area contributed by atoms with Gasteiger partial charge in [0.2, 0.25) is 11.7 Å². The Hall–Kier alpha value is -4.07. The number of hydrogen-bond donors (Lipinski definition) is 1. The molecule has 1 aromatic heterocycles. The summed E-state index contributed by atoms with van der Waals surface area (Å²) in [7, 11) is 0. The minimum atomic E-state index is -0.345. The van der Waals surface area contributed by atoms with Crippen molar-refractivity contribution in [3.8, 4) is 17.1 Å². The van der Waals surface area contributed by atoms with Crippen LogP contribution < -0.4 is 10.1 Å². The lowest BCUT2D eigenvalue weighted by Gasteiger charge is -2.08. The normalized spacial score (nSPS) is 10.6. The lowest BCUT2D eigenvalue weighted by Crippen LogP contribution is -2.20. The topological polar surface area (TPSA) is 81.9 Å². The van der Waals surface area contributed by atoms with Crippen molar-refractivity contribution in [1.82, 2.24) is 20.2 Å². The van der Waals surface area contributed by atoms with Gasteiger partial charge in [0.1, 0.15) is 24.7 Å². The highest BCUT2D eigenvalue weighted by Gasteiger charge is 2.10.